The van der Waals surface area contributed by atoms with Crippen LogP contribution in [0.1, 0.15) is 17.0 Å². The molecule has 1 aliphatic rings. The van der Waals surface area contributed by atoms with E-state index in [4.69, 9.17) is 17.3 Å². The van der Waals surface area contributed by atoms with Gasteiger partial charge >= 0.3 is 0 Å². The predicted octanol–water partition coefficient (Wildman–Crippen LogP) is 3.51. The molecule has 2 aromatic rings. The monoisotopic (exact) mass is 364 g/mol. The second-order valence-electron chi connectivity index (χ2n) is 6.08. The van der Waals surface area contributed by atoms with Gasteiger partial charge in [0.15, 0.2) is 0 Å². The van der Waals surface area contributed by atoms with E-state index in [0.29, 0.717) is 29.8 Å². The van der Waals surface area contributed by atoms with Gasteiger partial charge in [0, 0.05) is 24.0 Å². The number of hydrogen-bond acceptors (Lipinski definition) is 2. The van der Waals surface area contributed by atoms with Crippen LogP contribution in [0.3, 0.4) is 0 Å². The first-order chi connectivity index (χ1) is 11.2. The van der Waals surface area contributed by atoms with E-state index in [9.17, 15) is 4.79 Å². The van der Waals surface area contributed by atoms with Gasteiger partial charge in [0.1, 0.15) is 0 Å². The van der Waals surface area contributed by atoms with Gasteiger partial charge in [-0.05, 0) is 29.7 Å². The van der Waals surface area contributed by atoms with E-state index in [2.05, 4.69) is 12.1 Å². The Balaban J connectivity index is 0.00000208. The highest BCUT2D eigenvalue weighted by molar-refractivity contribution is 6.31. The van der Waals surface area contributed by atoms with Crippen molar-refractivity contribution in [3.8, 4) is 0 Å². The van der Waals surface area contributed by atoms with Crippen LogP contribution >= 0.6 is 24.0 Å². The highest BCUT2D eigenvalue weighted by atomic mass is 35.5. The number of rotatable bonds is 4. The number of hydrogen-bond donors (Lipinski definition) is 1. The number of carbonyl (C=O) groups excluding carboxylic acids is 1. The van der Waals surface area contributed by atoms with E-state index >= 15 is 0 Å². The van der Waals surface area contributed by atoms with Crippen molar-refractivity contribution in [3.63, 3.8) is 0 Å². The zero-order chi connectivity index (χ0) is 16.2. The van der Waals surface area contributed by atoms with Crippen LogP contribution < -0.4 is 5.73 Å². The molecule has 0 spiro atoms. The second kappa shape index (κ2) is 8.52. The minimum atomic E-state index is 0. The van der Waals surface area contributed by atoms with Gasteiger partial charge in [-0.1, -0.05) is 60.1 Å². The highest BCUT2D eigenvalue weighted by Gasteiger charge is 2.35. The van der Waals surface area contributed by atoms with Crippen molar-refractivity contribution >= 4 is 29.9 Å². The fourth-order valence-corrected chi connectivity index (χ4v) is 3.51. The lowest BCUT2D eigenvalue weighted by molar-refractivity contribution is -0.129. The van der Waals surface area contributed by atoms with Gasteiger partial charge in [-0.2, -0.15) is 0 Å². The summed E-state index contributed by atoms with van der Waals surface area (Å²) in [5.74, 6) is 0.749. The molecule has 1 amide bonds. The maximum Gasteiger partial charge on any atom is 0.227 e. The summed E-state index contributed by atoms with van der Waals surface area (Å²) in [7, 11) is 0. The number of nitrogens with two attached hydrogens (primary N) is 1. The van der Waals surface area contributed by atoms with Gasteiger partial charge in [0.25, 0.3) is 0 Å². The Hall–Kier alpha value is -1.55. The molecular weight excluding hydrogens is 343 g/mol. The topological polar surface area (TPSA) is 46.3 Å². The molecule has 5 heteroatoms. The first kappa shape index (κ1) is 18.8. The van der Waals surface area contributed by atoms with Crippen molar-refractivity contribution in [1.82, 2.24) is 4.90 Å². The molecule has 2 atom stereocenters. The fourth-order valence-electron chi connectivity index (χ4n) is 3.31. The third kappa shape index (κ3) is 4.10. The highest BCUT2D eigenvalue weighted by Crippen LogP contribution is 2.32. The molecule has 0 saturated carbocycles. The lowest BCUT2D eigenvalue weighted by Crippen LogP contribution is -2.31. The number of carbonyl (C=O) groups is 1. The van der Waals surface area contributed by atoms with Crippen LogP contribution in [0.25, 0.3) is 0 Å². The normalized spacial score (nSPS) is 19.8. The van der Waals surface area contributed by atoms with Crippen LogP contribution in [0.15, 0.2) is 54.6 Å². The average Bonchev–Trinajstić information content (AvgIpc) is 3.02. The van der Waals surface area contributed by atoms with Crippen LogP contribution in [0, 0.1) is 5.92 Å². The maximum atomic E-state index is 12.6. The zero-order valence-corrected chi connectivity index (χ0v) is 15.0. The average molecular weight is 365 g/mol. The van der Waals surface area contributed by atoms with Crippen LogP contribution in [-0.2, 0) is 11.2 Å². The number of benzene rings is 2. The Labute approximate surface area is 154 Å². The second-order valence-corrected chi connectivity index (χ2v) is 6.49. The Kier molecular flexibility index (Phi) is 6.67. The summed E-state index contributed by atoms with van der Waals surface area (Å²) >= 11 is 6.16. The van der Waals surface area contributed by atoms with Gasteiger partial charge in [-0.15, -0.1) is 12.4 Å². The number of likely N-dealkylation sites (tertiary alicyclic amines) is 1. The molecule has 2 aromatic carbocycles. The first-order valence-corrected chi connectivity index (χ1v) is 8.33. The Morgan fingerprint density at radius 2 is 1.75 bits per heavy atom. The van der Waals surface area contributed by atoms with Gasteiger partial charge < -0.3 is 10.6 Å². The summed E-state index contributed by atoms with van der Waals surface area (Å²) in [5.41, 5.74) is 8.08. The summed E-state index contributed by atoms with van der Waals surface area (Å²) < 4.78 is 0. The van der Waals surface area contributed by atoms with Crippen molar-refractivity contribution in [2.45, 2.75) is 12.3 Å². The Morgan fingerprint density at radius 3 is 2.42 bits per heavy atom. The van der Waals surface area contributed by atoms with E-state index < -0.39 is 0 Å². The molecule has 0 aliphatic carbocycles. The largest absolute Gasteiger partial charge is 0.341 e. The number of halogens is 2. The van der Waals surface area contributed by atoms with Gasteiger partial charge in [0.05, 0.1) is 6.42 Å². The minimum absolute atomic E-state index is 0. The minimum Gasteiger partial charge on any atom is -0.341 e. The van der Waals surface area contributed by atoms with E-state index in [1.165, 1.54) is 5.56 Å². The van der Waals surface area contributed by atoms with Crippen molar-refractivity contribution in [3.05, 3.63) is 70.7 Å². The smallest absolute Gasteiger partial charge is 0.227 e. The molecule has 1 aliphatic heterocycles. The fraction of sp³-hybridized carbons (Fsp3) is 0.316. The molecule has 24 heavy (non-hydrogen) atoms. The standard InChI is InChI=1S/C19H21ClN2O.ClH/c20-18-9-5-4-8-15(18)10-19(23)22-12-16(11-21)17(13-22)14-6-2-1-3-7-14;/h1-9,16-17H,10-13,21H2;1H/t16-,17+;/m1./s1. The summed E-state index contributed by atoms with van der Waals surface area (Å²) in [4.78, 5) is 14.6. The SMILES string of the molecule is Cl.NC[C@@H]1CN(C(=O)Cc2ccccc2Cl)C[C@H]1c1ccccc1. The molecular formula is C19H22Cl2N2O. The quantitative estimate of drug-likeness (QED) is 0.901. The third-order valence-corrected chi connectivity index (χ3v) is 4.99. The molecule has 3 nitrogen and oxygen atoms in total. The predicted molar refractivity (Wildman–Crippen MR) is 101 cm³/mol. The molecule has 0 bridgehead atoms. The molecule has 2 N–H and O–H groups in total. The number of nitrogens with zero attached hydrogens (tertiary/aromatic N) is 1. The van der Waals surface area contributed by atoms with Gasteiger partial charge in [-0.25, -0.2) is 0 Å². The van der Waals surface area contributed by atoms with Crippen LogP contribution in [-0.4, -0.2) is 30.4 Å². The lowest BCUT2D eigenvalue weighted by atomic mass is 9.89. The molecule has 0 aromatic heterocycles. The summed E-state index contributed by atoms with van der Waals surface area (Å²) in [6, 6.07) is 17.8. The molecule has 0 unspecified atom stereocenters. The van der Waals surface area contributed by atoms with Gasteiger partial charge in [-0.3, -0.25) is 4.79 Å². The summed E-state index contributed by atoms with van der Waals surface area (Å²) in [6.45, 7) is 2.05. The van der Waals surface area contributed by atoms with E-state index in [1.807, 2.05) is 47.4 Å². The van der Waals surface area contributed by atoms with Crippen molar-refractivity contribution in [2.24, 2.45) is 11.7 Å². The maximum absolute atomic E-state index is 12.6. The van der Waals surface area contributed by atoms with Crippen LogP contribution in [0.5, 0.6) is 0 Å². The van der Waals surface area contributed by atoms with E-state index in [1.54, 1.807) is 0 Å². The lowest BCUT2D eigenvalue weighted by Gasteiger charge is -2.17. The molecule has 1 saturated heterocycles. The number of amides is 1. The molecule has 1 heterocycles. The molecule has 3 rings (SSSR count). The Morgan fingerprint density at radius 1 is 1.08 bits per heavy atom. The van der Waals surface area contributed by atoms with E-state index in [-0.39, 0.29) is 18.3 Å². The van der Waals surface area contributed by atoms with Crippen molar-refractivity contribution < 1.29 is 4.79 Å². The van der Waals surface area contributed by atoms with Gasteiger partial charge in [0.2, 0.25) is 5.91 Å². The third-order valence-electron chi connectivity index (χ3n) is 4.62. The Bertz CT molecular complexity index is 678. The molecule has 1 fully saturated rings. The summed E-state index contributed by atoms with van der Waals surface area (Å²) in [6.07, 6.45) is 0.346. The van der Waals surface area contributed by atoms with Crippen molar-refractivity contribution in [1.29, 1.82) is 0 Å². The first-order valence-electron chi connectivity index (χ1n) is 7.95. The van der Waals surface area contributed by atoms with Crippen molar-refractivity contribution in [2.75, 3.05) is 19.6 Å². The molecule has 128 valence electrons. The molecule has 0 radical (unpaired) electrons. The van der Waals surface area contributed by atoms with Crippen LogP contribution in [0.4, 0.5) is 0 Å². The zero-order valence-electron chi connectivity index (χ0n) is 13.4. The van der Waals surface area contributed by atoms with E-state index in [0.717, 1.165) is 18.7 Å². The van der Waals surface area contributed by atoms with Crippen LogP contribution in [0.2, 0.25) is 5.02 Å². The summed E-state index contributed by atoms with van der Waals surface area (Å²) in [5, 5.41) is 0.648.